The van der Waals surface area contributed by atoms with Crippen molar-refractivity contribution in [2.75, 3.05) is 7.11 Å². The molecule has 0 spiro atoms. The molecule has 8 nitrogen and oxygen atoms in total. The monoisotopic (exact) mass is 591 g/mol. The second-order valence-electron chi connectivity index (χ2n) is 8.11. The van der Waals surface area contributed by atoms with E-state index in [-0.39, 0.29) is 5.56 Å². The van der Waals surface area contributed by atoms with E-state index in [9.17, 15) is 32.3 Å². The highest BCUT2D eigenvalue weighted by Crippen LogP contribution is 2.24. The van der Waals surface area contributed by atoms with Gasteiger partial charge in [0.25, 0.3) is 11.7 Å². The Hall–Kier alpha value is -2.93. The van der Waals surface area contributed by atoms with Gasteiger partial charge in [-0.15, -0.1) is 11.3 Å². The number of ketones is 1. The molecule has 0 unspecified atom stereocenters. The summed E-state index contributed by atoms with van der Waals surface area (Å²) in [5.41, 5.74) is 0.226. The highest BCUT2D eigenvalue weighted by atomic mass is 79.9. The van der Waals surface area contributed by atoms with Crippen LogP contribution in [0.1, 0.15) is 42.0 Å². The molecule has 0 saturated heterocycles. The molecule has 1 heterocycles. The van der Waals surface area contributed by atoms with Crippen molar-refractivity contribution in [3.8, 4) is 5.75 Å². The van der Waals surface area contributed by atoms with E-state index in [1.807, 2.05) is 0 Å². The fraction of sp³-hybridized carbons (Fsp3) is 0.391. The number of hydrogen-bond acceptors (Lipinski definition) is 6. The number of nitrogens with one attached hydrogen (secondary N) is 3. The summed E-state index contributed by atoms with van der Waals surface area (Å²) < 4.78 is 45.0. The molecule has 2 aromatic rings. The second-order valence-corrected chi connectivity index (χ2v) is 10.6. The van der Waals surface area contributed by atoms with Crippen LogP contribution in [0.4, 0.5) is 13.2 Å². The van der Waals surface area contributed by atoms with E-state index in [4.69, 9.17) is 4.74 Å². The van der Waals surface area contributed by atoms with Gasteiger partial charge in [-0.3, -0.25) is 19.2 Å². The summed E-state index contributed by atoms with van der Waals surface area (Å²) in [6, 6.07) is 4.73. The molecule has 36 heavy (non-hydrogen) atoms. The van der Waals surface area contributed by atoms with E-state index < -0.39 is 53.7 Å². The summed E-state index contributed by atoms with van der Waals surface area (Å²) in [5, 5.41) is 7.07. The molecule has 0 fully saturated rings. The molecular weight excluding hydrogens is 567 g/mol. The number of alkyl halides is 3. The summed E-state index contributed by atoms with van der Waals surface area (Å²) in [6.45, 7) is 4.11. The van der Waals surface area contributed by atoms with Crippen LogP contribution >= 0.6 is 27.3 Å². The van der Waals surface area contributed by atoms with Crippen molar-refractivity contribution in [2.24, 2.45) is 5.92 Å². The molecule has 0 aliphatic carbocycles. The van der Waals surface area contributed by atoms with Gasteiger partial charge >= 0.3 is 6.18 Å². The first-order valence-corrected chi connectivity index (χ1v) is 12.3. The predicted molar refractivity (Wildman–Crippen MR) is 131 cm³/mol. The largest absolute Gasteiger partial charge is 0.497 e. The summed E-state index contributed by atoms with van der Waals surface area (Å²) in [4.78, 5) is 50.5. The topological polar surface area (TPSA) is 114 Å². The van der Waals surface area contributed by atoms with E-state index in [1.165, 1.54) is 52.1 Å². The van der Waals surface area contributed by atoms with Gasteiger partial charge in [-0.1, -0.05) is 26.0 Å². The van der Waals surface area contributed by atoms with Crippen LogP contribution in [-0.4, -0.2) is 48.9 Å². The van der Waals surface area contributed by atoms with Crippen molar-refractivity contribution in [1.29, 1.82) is 0 Å². The van der Waals surface area contributed by atoms with E-state index in [0.717, 1.165) is 11.3 Å². The molecule has 13 heteroatoms. The minimum Gasteiger partial charge on any atom is -0.497 e. The van der Waals surface area contributed by atoms with Crippen molar-refractivity contribution in [3.05, 3.63) is 50.6 Å². The number of carbonyl (C=O) groups is 4. The van der Waals surface area contributed by atoms with Gasteiger partial charge in [-0.25, -0.2) is 0 Å². The quantitative estimate of drug-likeness (QED) is 0.389. The average Bonchev–Trinajstić information content (AvgIpc) is 3.25. The van der Waals surface area contributed by atoms with Crippen LogP contribution in [0, 0.1) is 5.92 Å². The first-order chi connectivity index (χ1) is 16.7. The molecule has 2 rings (SSSR count). The average molecular weight is 592 g/mol. The first-order valence-electron chi connectivity index (χ1n) is 10.7. The van der Waals surface area contributed by atoms with Gasteiger partial charge in [0.1, 0.15) is 17.8 Å². The van der Waals surface area contributed by atoms with Crippen LogP contribution in [0.3, 0.4) is 0 Å². The van der Waals surface area contributed by atoms with Crippen molar-refractivity contribution in [2.45, 2.75) is 45.1 Å². The zero-order valence-electron chi connectivity index (χ0n) is 19.7. The molecule has 0 saturated carbocycles. The molecule has 0 aliphatic rings. The van der Waals surface area contributed by atoms with Gasteiger partial charge in [0.05, 0.1) is 21.8 Å². The third-order valence-corrected chi connectivity index (χ3v) is 6.68. The summed E-state index contributed by atoms with van der Waals surface area (Å²) in [6.07, 6.45) is -5.16. The standard InChI is InChI=1S/C23H25BrF3N3O5S/c1-11(2)17(19(31)23(25,26)27)29-22(34)18(13-5-7-14(35-4)8-6-13)30-20(32)12(3)28-21(33)15-9-10-16(24)36-15/h5-12,17-18H,1-4H3,(H,28,33)(H,29,34)(H,30,32)/t12-,17-,18-/m0/s1. The van der Waals surface area contributed by atoms with E-state index in [1.54, 1.807) is 12.1 Å². The molecule has 0 radical (unpaired) electrons. The molecule has 3 atom stereocenters. The Morgan fingerprint density at radius 3 is 2.00 bits per heavy atom. The lowest BCUT2D eigenvalue weighted by Gasteiger charge is -2.26. The van der Waals surface area contributed by atoms with Crippen molar-refractivity contribution >= 4 is 50.8 Å². The van der Waals surface area contributed by atoms with E-state index in [0.29, 0.717) is 14.4 Å². The lowest BCUT2D eigenvalue weighted by atomic mass is 9.97. The van der Waals surface area contributed by atoms with Gasteiger partial charge in [0, 0.05) is 0 Å². The third kappa shape index (κ3) is 7.79. The molecule has 1 aromatic carbocycles. The van der Waals surface area contributed by atoms with Crippen LogP contribution in [0.5, 0.6) is 5.75 Å². The van der Waals surface area contributed by atoms with Gasteiger partial charge < -0.3 is 20.7 Å². The number of rotatable bonds is 10. The first kappa shape index (κ1) is 29.3. The smallest absolute Gasteiger partial charge is 0.452 e. The Bertz CT molecular complexity index is 1110. The van der Waals surface area contributed by atoms with Crippen molar-refractivity contribution in [1.82, 2.24) is 16.0 Å². The molecule has 0 aliphatic heterocycles. The zero-order valence-corrected chi connectivity index (χ0v) is 22.1. The molecular formula is C23H25BrF3N3O5S. The zero-order chi connectivity index (χ0) is 27.2. The minimum atomic E-state index is -5.16. The summed E-state index contributed by atoms with van der Waals surface area (Å²) in [7, 11) is 1.42. The molecule has 3 N–H and O–H groups in total. The number of benzene rings is 1. The van der Waals surface area contributed by atoms with Gasteiger partial charge in [0.2, 0.25) is 11.8 Å². The van der Waals surface area contributed by atoms with Crippen molar-refractivity contribution < 1.29 is 37.1 Å². The Morgan fingerprint density at radius 2 is 1.53 bits per heavy atom. The maximum Gasteiger partial charge on any atom is 0.452 e. The lowest BCUT2D eigenvalue weighted by Crippen LogP contribution is -2.54. The molecule has 0 bridgehead atoms. The summed E-state index contributed by atoms with van der Waals surface area (Å²) >= 11 is 4.40. The maximum atomic E-state index is 13.1. The summed E-state index contributed by atoms with van der Waals surface area (Å²) in [5.74, 6) is -4.84. The Kier molecular flexibility index (Phi) is 10.1. The van der Waals surface area contributed by atoms with Crippen LogP contribution in [0.2, 0.25) is 0 Å². The maximum absolute atomic E-state index is 13.1. The normalized spacial score (nSPS) is 13.9. The number of Topliss-reactive ketones (excluding diaryl/α,β-unsaturated/α-hetero) is 1. The SMILES string of the molecule is COc1ccc([C@H](NC(=O)[C@H](C)NC(=O)c2ccc(Br)s2)C(=O)N[C@H](C(=O)C(F)(F)F)C(C)C)cc1. The minimum absolute atomic E-state index is 0.226. The Balaban J connectivity index is 2.26. The van der Waals surface area contributed by atoms with Gasteiger partial charge in [-0.05, 0) is 58.6 Å². The number of carbonyl (C=O) groups excluding carboxylic acids is 4. The highest BCUT2D eigenvalue weighted by molar-refractivity contribution is 9.11. The lowest BCUT2D eigenvalue weighted by molar-refractivity contribution is -0.175. The molecule has 1 aromatic heterocycles. The van der Waals surface area contributed by atoms with E-state index in [2.05, 4.69) is 31.9 Å². The van der Waals surface area contributed by atoms with Gasteiger partial charge in [-0.2, -0.15) is 13.2 Å². The fourth-order valence-corrected chi connectivity index (χ4v) is 4.37. The second kappa shape index (κ2) is 12.3. The van der Waals surface area contributed by atoms with Crippen molar-refractivity contribution in [3.63, 3.8) is 0 Å². The number of hydrogen-bond donors (Lipinski definition) is 3. The number of methoxy groups -OCH3 is 1. The highest BCUT2D eigenvalue weighted by Gasteiger charge is 2.45. The predicted octanol–water partition coefficient (Wildman–Crippen LogP) is 3.77. The molecule has 196 valence electrons. The van der Waals surface area contributed by atoms with Crippen LogP contribution in [-0.2, 0) is 14.4 Å². The fourth-order valence-electron chi connectivity index (χ4n) is 3.08. The Labute approximate surface area is 218 Å². The van der Waals surface area contributed by atoms with Crippen LogP contribution in [0.25, 0.3) is 0 Å². The van der Waals surface area contributed by atoms with Gasteiger partial charge in [0.15, 0.2) is 0 Å². The van der Waals surface area contributed by atoms with Crippen LogP contribution < -0.4 is 20.7 Å². The third-order valence-electron chi connectivity index (χ3n) is 5.06. The Morgan fingerprint density at radius 1 is 0.917 bits per heavy atom. The van der Waals surface area contributed by atoms with Crippen LogP contribution in [0.15, 0.2) is 40.2 Å². The molecule has 3 amide bonds. The number of thiophene rings is 1. The van der Waals surface area contributed by atoms with E-state index >= 15 is 0 Å². The number of amides is 3. The number of ether oxygens (including phenoxy) is 1. The number of halogens is 4.